The van der Waals surface area contributed by atoms with Crippen LogP contribution in [0.25, 0.3) is 16.6 Å². The van der Waals surface area contributed by atoms with Crippen LogP contribution < -0.4 is 10.9 Å². The van der Waals surface area contributed by atoms with Crippen molar-refractivity contribution in [2.24, 2.45) is 7.05 Å². The van der Waals surface area contributed by atoms with Gasteiger partial charge in [0.15, 0.2) is 0 Å². The Hall–Kier alpha value is -2.70. The molecule has 0 saturated heterocycles. The molecule has 1 aliphatic rings. The van der Waals surface area contributed by atoms with Crippen molar-refractivity contribution in [1.29, 1.82) is 0 Å². The largest absolute Gasteiger partial charge is 0.363 e. The quantitative estimate of drug-likeness (QED) is 0.708. The number of pyridine rings is 1. The van der Waals surface area contributed by atoms with Crippen molar-refractivity contribution in [3.05, 3.63) is 69.2 Å². The van der Waals surface area contributed by atoms with Crippen LogP contribution in [0.5, 0.6) is 0 Å². The van der Waals surface area contributed by atoms with E-state index in [1.807, 2.05) is 30.3 Å². The van der Waals surface area contributed by atoms with Crippen molar-refractivity contribution >= 4 is 34.0 Å². The first-order valence-electron chi connectivity index (χ1n) is 9.68. The standard InChI is InChI=1S/C22H24ClN5O/c1-14(16-5-4-6-17(23)11-16)26-20-19-12-18(15-7-9-27(2)10-8-15)22(29)28(3)21(19)25-13-24-20/h4-7,11-14H,8-10H2,1-3H3,(H,24,25,26)/t14-/m1/s1. The van der Waals surface area contributed by atoms with Crippen molar-refractivity contribution in [3.8, 4) is 0 Å². The molecule has 0 fully saturated rings. The number of fused-ring (bicyclic) bond motifs is 1. The Kier molecular flexibility index (Phi) is 5.39. The molecule has 0 aliphatic carbocycles. The number of benzene rings is 1. The lowest BCUT2D eigenvalue weighted by atomic mass is 10.00. The first kappa shape index (κ1) is 19.6. The molecule has 29 heavy (non-hydrogen) atoms. The molecule has 0 spiro atoms. The molecule has 3 heterocycles. The summed E-state index contributed by atoms with van der Waals surface area (Å²) in [6.07, 6.45) is 4.48. The maximum absolute atomic E-state index is 13.0. The third-order valence-electron chi connectivity index (χ3n) is 5.46. The second-order valence-electron chi connectivity index (χ2n) is 7.54. The van der Waals surface area contributed by atoms with Crippen molar-refractivity contribution in [1.82, 2.24) is 19.4 Å². The highest BCUT2D eigenvalue weighted by Crippen LogP contribution is 2.27. The fourth-order valence-electron chi connectivity index (χ4n) is 3.69. The molecule has 1 aliphatic heterocycles. The summed E-state index contributed by atoms with van der Waals surface area (Å²) < 4.78 is 1.61. The minimum atomic E-state index is -0.0270. The SMILES string of the molecule is C[C@@H](Nc1ncnc2c1cc(C1=CCN(C)CC1)c(=O)n2C)c1cccc(Cl)c1. The van der Waals surface area contributed by atoms with Crippen LogP contribution in [0.4, 0.5) is 5.82 Å². The molecule has 0 unspecified atom stereocenters. The average Bonchev–Trinajstić information content (AvgIpc) is 2.72. The van der Waals surface area contributed by atoms with Gasteiger partial charge in [-0.15, -0.1) is 0 Å². The maximum Gasteiger partial charge on any atom is 0.259 e. The molecule has 4 rings (SSSR count). The summed E-state index contributed by atoms with van der Waals surface area (Å²) in [6.45, 7) is 3.84. The molecule has 1 atom stereocenters. The molecule has 1 aromatic carbocycles. The Bertz CT molecular complexity index is 1150. The number of nitrogens with zero attached hydrogens (tertiary/aromatic N) is 4. The van der Waals surface area contributed by atoms with Gasteiger partial charge in [0.25, 0.3) is 5.56 Å². The lowest BCUT2D eigenvalue weighted by molar-refractivity contribution is 0.370. The molecule has 0 saturated carbocycles. The van der Waals surface area contributed by atoms with Crippen LogP contribution in [-0.2, 0) is 7.05 Å². The second-order valence-corrected chi connectivity index (χ2v) is 7.98. The van der Waals surface area contributed by atoms with Crippen molar-refractivity contribution < 1.29 is 0 Å². The minimum absolute atomic E-state index is 0.00460. The van der Waals surface area contributed by atoms with Crippen LogP contribution in [0, 0.1) is 0 Å². The third-order valence-corrected chi connectivity index (χ3v) is 5.70. The van der Waals surface area contributed by atoms with Crippen LogP contribution in [0.2, 0.25) is 5.02 Å². The number of anilines is 1. The van der Waals surface area contributed by atoms with Gasteiger partial charge in [-0.2, -0.15) is 0 Å². The normalized spacial score (nSPS) is 15.9. The topological polar surface area (TPSA) is 63.1 Å². The highest BCUT2D eigenvalue weighted by molar-refractivity contribution is 6.30. The number of aromatic nitrogens is 3. The van der Waals surface area contributed by atoms with Crippen LogP contribution in [0.1, 0.15) is 30.5 Å². The number of rotatable bonds is 4. The molecule has 3 aromatic rings. The predicted molar refractivity (Wildman–Crippen MR) is 118 cm³/mol. The van der Waals surface area contributed by atoms with E-state index >= 15 is 0 Å². The molecule has 0 radical (unpaired) electrons. The first-order chi connectivity index (χ1) is 13.9. The fraction of sp³-hybridized carbons (Fsp3) is 0.318. The molecule has 0 amide bonds. The predicted octanol–water partition coefficient (Wildman–Crippen LogP) is 3.87. The van der Waals surface area contributed by atoms with Crippen LogP contribution in [0.3, 0.4) is 0 Å². The summed E-state index contributed by atoms with van der Waals surface area (Å²) in [5, 5.41) is 4.99. The molecule has 2 aromatic heterocycles. The Balaban J connectivity index is 1.78. The van der Waals surface area contributed by atoms with Gasteiger partial charge >= 0.3 is 0 Å². The van der Waals surface area contributed by atoms with Gasteiger partial charge in [0.05, 0.1) is 11.4 Å². The zero-order valence-corrected chi connectivity index (χ0v) is 17.6. The zero-order valence-electron chi connectivity index (χ0n) is 16.8. The Morgan fingerprint density at radius 3 is 2.76 bits per heavy atom. The molecule has 6 nitrogen and oxygen atoms in total. The number of nitrogens with one attached hydrogen (secondary N) is 1. The van der Waals surface area contributed by atoms with Gasteiger partial charge in [-0.05, 0) is 49.7 Å². The fourth-order valence-corrected chi connectivity index (χ4v) is 3.89. The molecular weight excluding hydrogens is 386 g/mol. The molecular formula is C22H24ClN5O. The van der Waals surface area contributed by atoms with Crippen molar-refractivity contribution in [2.75, 3.05) is 25.5 Å². The molecule has 0 bridgehead atoms. The third kappa shape index (κ3) is 3.91. The van der Waals surface area contributed by atoms with E-state index in [-0.39, 0.29) is 11.6 Å². The van der Waals surface area contributed by atoms with E-state index < -0.39 is 0 Å². The minimum Gasteiger partial charge on any atom is -0.363 e. The summed E-state index contributed by atoms with van der Waals surface area (Å²) in [5.74, 6) is 0.702. The van der Waals surface area contributed by atoms with Gasteiger partial charge in [0.2, 0.25) is 0 Å². The zero-order chi connectivity index (χ0) is 20.5. The van der Waals surface area contributed by atoms with E-state index in [4.69, 9.17) is 11.6 Å². The monoisotopic (exact) mass is 409 g/mol. The van der Waals surface area contributed by atoms with Gasteiger partial charge in [0, 0.05) is 30.7 Å². The van der Waals surface area contributed by atoms with E-state index in [9.17, 15) is 4.79 Å². The van der Waals surface area contributed by atoms with E-state index in [1.165, 1.54) is 6.33 Å². The molecule has 7 heteroatoms. The van der Waals surface area contributed by atoms with E-state index in [2.05, 4.69) is 40.2 Å². The maximum atomic E-state index is 13.0. The Morgan fingerprint density at radius 2 is 2.03 bits per heavy atom. The first-order valence-corrected chi connectivity index (χ1v) is 10.1. The number of halogens is 1. The van der Waals surface area contributed by atoms with E-state index in [1.54, 1.807) is 11.6 Å². The lowest BCUT2D eigenvalue weighted by Gasteiger charge is -2.22. The van der Waals surface area contributed by atoms with Gasteiger partial charge < -0.3 is 10.2 Å². The summed E-state index contributed by atoms with van der Waals surface area (Å²) in [6, 6.07) is 9.68. The highest BCUT2D eigenvalue weighted by Gasteiger charge is 2.18. The van der Waals surface area contributed by atoms with Crippen molar-refractivity contribution in [3.63, 3.8) is 0 Å². The number of hydrogen-bond donors (Lipinski definition) is 1. The van der Waals surface area contributed by atoms with Gasteiger partial charge in [-0.1, -0.05) is 29.8 Å². The van der Waals surface area contributed by atoms with Gasteiger partial charge in [0.1, 0.15) is 17.8 Å². The van der Waals surface area contributed by atoms with Crippen LogP contribution in [-0.4, -0.2) is 39.6 Å². The number of aryl methyl sites for hydroxylation is 1. The Morgan fingerprint density at radius 1 is 1.21 bits per heavy atom. The van der Waals surface area contributed by atoms with Crippen LogP contribution in [0.15, 0.2) is 47.5 Å². The van der Waals surface area contributed by atoms with Crippen LogP contribution >= 0.6 is 11.6 Å². The number of likely N-dealkylation sites (N-methyl/N-ethyl adjacent to an activating group) is 1. The molecule has 150 valence electrons. The Labute approximate surface area is 174 Å². The summed E-state index contributed by atoms with van der Waals surface area (Å²) in [4.78, 5) is 24.0. The second kappa shape index (κ2) is 7.97. The average molecular weight is 410 g/mol. The number of hydrogen-bond acceptors (Lipinski definition) is 5. The summed E-state index contributed by atoms with van der Waals surface area (Å²) in [5.41, 5.74) is 3.46. The highest BCUT2D eigenvalue weighted by atomic mass is 35.5. The van der Waals surface area contributed by atoms with Crippen molar-refractivity contribution in [2.45, 2.75) is 19.4 Å². The van der Waals surface area contributed by atoms with Gasteiger partial charge in [-0.25, -0.2) is 9.97 Å². The summed E-state index contributed by atoms with van der Waals surface area (Å²) >= 11 is 6.14. The van der Waals surface area contributed by atoms with E-state index in [0.717, 1.165) is 41.6 Å². The smallest absolute Gasteiger partial charge is 0.259 e. The summed E-state index contributed by atoms with van der Waals surface area (Å²) in [7, 11) is 3.85. The van der Waals surface area contributed by atoms with Gasteiger partial charge in [-0.3, -0.25) is 9.36 Å². The van der Waals surface area contributed by atoms with E-state index in [0.29, 0.717) is 16.5 Å². The lowest BCUT2D eigenvalue weighted by Crippen LogP contribution is -2.27. The molecule has 1 N–H and O–H groups in total.